The highest BCUT2D eigenvalue weighted by atomic mass is 16.5. The number of nitrogens with one attached hydrogen (secondary N) is 1. The number of hydrogen-bond donors (Lipinski definition) is 2. The molecule has 1 heterocycles. The van der Waals surface area contributed by atoms with Crippen molar-refractivity contribution in [2.24, 2.45) is 5.73 Å². The standard InChI is InChI=1S/C6H13N3O/c1-9(6(7)8)5-2-3-10-4-5/h5H,2-4H2,1H3,(H3,7,8). The fourth-order valence-electron chi connectivity index (χ4n) is 1.02. The van der Waals surface area contributed by atoms with E-state index in [2.05, 4.69) is 0 Å². The highest BCUT2D eigenvalue weighted by Crippen LogP contribution is 2.08. The van der Waals surface area contributed by atoms with Gasteiger partial charge in [-0.3, -0.25) is 5.41 Å². The largest absolute Gasteiger partial charge is 0.379 e. The van der Waals surface area contributed by atoms with Crippen LogP contribution in [0.1, 0.15) is 6.42 Å². The van der Waals surface area contributed by atoms with Gasteiger partial charge in [0.2, 0.25) is 0 Å². The zero-order valence-corrected chi connectivity index (χ0v) is 6.13. The molecule has 3 N–H and O–H groups in total. The summed E-state index contributed by atoms with van der Waals surface area (Å²) in [6, 6.07) is 0.317. The van der Waals surface area contributed by atoms with Crippen molar-refractivity contribution < 1.29 is 4.74 Å². The van der Waals surface area contributed by atoms with Crippen LogP contribution in [0.15, 0.2) is 0 Å². The number of nitrogens with two attached hydrogens (primary N) is 1. The van der Waals surface area contributed by atoms with Crippen LogP contribution in [0.2, 0.25) is 0 Å². The second-order valence-electron chi connectivity index (χ2n) is 2.51. The first-order chi connectivity index (χ1) is 4.72. The van der Waals surface area contributed by atoms with Crippen LogP contribution in [-0.4, -0.2) is 37.2 Å². The van der Waals surface area contributed by atoms with E-state index in [-0.39, 0.29) is 5.96 Å². The van der Waals surface area contributed by atoms with E-state index in [1.54, 1.807) is 4.90 Å². The minimum Gasteiger partial charge on any atom is -0.379 e. The summed E-state index contributed by atoms with van der Waals surface area (Å²) in [6.07, 6.45) is 0.982. The summed E-state index contributed by atoms with van der Waals surface area (Å²) in [7, 11) is 1.82. The Bertz CT molecular complexity index is 131. The Hall–Kier alpha value is -0.770. The third kappa shape index (κ3) is 1.39. The van der Waals surface area contributed by atoms with Crippen molar-refractivity contribution in [2.45, 2.75) is 12.5 Å². The minimum atomic E-state index is 0.121. The SMILES string of the molecule is CN(C(=N)N)C1CCOC1. The quantitative estimate of drug-likeness (QED) is 0.388. The van der Waals surface area contributed by atoms with Crippen LogP contribution in [0.25, 0.3) is 0 Å². The van der Waals surface area contributed by atoms with Gasteiger partial charge in [0.1, 0.15) is 0 Å². The lowest BCUT2D eigenvalue weighted by atomic mass is 10.2. The molecular weight excluding hydrogens is 130 g/mol. The maximum Gasteiger partial charge on any atom is 0.188 e. The Kier molecular flexibility index (Phi) is 2.11. The molecule has 58 valence electrons. The van der Waals surface area contributed by atoms with Crippen LogP contribution in [-0.2, 0) is 4.74 Å². The molecule has 1 atom stereocenters. The summed E-state index contributed by atoms with van der Waals surface area (Å²) >= 11 is 0. The fraction of sp³-hybridized carbons (Fsp3) is 0.833. The number of hydrogen-bond acceptors (Lipinski definition) is 2. The van der Waals surface area contributed by atoms with Crippen molar-refractivity contribution in [3.8, 4) is 0 Å². The van der Waals surface area contributed by atoms with Gasteiger partial charge in [-0.05, 0) is 6.42 Å². The average Bonchev–Trinajstić information content (AvgIpc) is 2.36. The minimum absolute atomic E-state index is 0.121. The van der Waals surface area contributed by atoms with Crippen LogP contribution in [0.3, 0.4) is 0 Å². The van der Waals surface area contributed by atoms with Gasteiger partial charge in [-0.25, -0.2) is 0 Å². The molecule has 1 saturated heterocycles. The molecule has 0 radical (unpaired) electrons. The van der Waals surface area contributed by atoms with Gasteiger partial charge < -0.3 is 15.4 Å². The number of ether oxygens (including phenoxy) is 1. The lowest BCUT2D eigenvalue weighted by Crippen LogP contribution is -2.41. The number of rotatable bonds is 1. The smallest absolute Gasteiger partial charge is 0.188 e. The summed E-state index contributed by atoms with van der Waals surface area (Å²) in [4.78, 5) is 1.74. The van der Waals surface area contributed by atoms with Crippen LogP contribution in [0.4, 0.5) is 0 Å². The first kappa shape index (κ1) is 7.34. The van der Waals surface area contributed by atoms with E-state index in [1.165, 1.54) is 0 Å². The molecule has 0 aliphatic carbocycles. The van der Waals surface area contributed by atoms with E-state index in [9.17, 15) is 0 Å². The van der Waals surface area contributed by atoms with Crippen molar-refractivity contribution in [1.29, 1.82) is 5.41 Å². The van der Waals surface area contributed by atoms with Gasteiger partial charge in [-0.15, -0.1) is 0 Å². The Labute approximate surface area is 60.5 Å². The second-order valence-corrected chi connectivity index (χ2v) is 2.51. The first-order valence-electron chi connectivity index (χ1n) is 3.36. The van der Waals surface area contributed by atoms with Crippen LogP contribution >= 0.6 is 0 Å². The number of likely N-dealkylation sites (N-methyl/N-ethyl adjacent to an activating group) is 1. The summed E-state index contributed by atoms with van der Waals surface area (Å²) in [6.45, 7) is 1.50. The maximum absolute atomic E-state index is 7.11. The van der Waals surface area contributed by atoms with E-state index >= 15 is 0 Å². The van der Waals surface area contributed by atoms with E-state index in [4.69, 9.17) is 15.9 Å². The van der Waals surface area contributed by atoms with E-state index in [1.807, 2.05) is 7.05 Å². The van der Waals surface area contributed by atoms with E-state index in [0.717, 1.165) is 13.0 Å². The molecule has 4 nitrogen and oxygen atoms in total. The van der Waals surface area contributed by atoms with Gasteiger partial charge >= 0.3 is 0 Å². The van der Waals surface area contributed by atoms with Crippen molar-refractivity contribution in [3.63, 3.8) is 0 Å². The average molecular weight is 143 g/mol. The molecule has 1 fully saturated rings. The normalized spacial score (nSPS) is 24.7. The predicted octanol–water partition coefficient (Wildman–Crippen LogP) is -0.399. The van der Waals surface area contributed by atoms with E-state index in [0.29, 0.717) is 12.6 Å². The van der Waals surface area contributed by atoms with Crippen molar-refractivity contribution in [2.75, 3.05) is 20.3 Å². The van der Waals surface area contributed by atoms with Gasteiger partial charge in [-0.1, -0.05) is 0 Å². The van der Waals surface area contributed by atoms with Gasteiger partial charge in [0.25, 0.3) is 0 Å². The first-order valence-corrected chi connectivity index (χ1v) is 3.36. The van der Waals surface area contributed by atoms with Gasteiger partial charge in [0.15, 0.2) is 5.96 Å². The number of nitrogens with zero attached hydrogens (tertiary/aromatic N) is 1. The maximum atomic E-state index is 7.11. The predicted molar refractivity (Wildman–Crippen MR) is 38.9 cm³/mol. The molecule has 0 bridgehead atoms. The second kappa shape index (κ2) is 2.88. The Morgan fingerprint density at radius 1 is 1.80 bits per heavy atom. The van der Waals surface area contributed by atoms with Crippen LogP contribution < -0.4 is 5.73 Å². The highest BCUT2D eigenvalue weighted by molar-refractivity contribution is 5.74. The monoisotopic (exact) mass is 143 g/mol. The highest BCUT2D eigenvalue weighted by Gasteiger charge is 2.20. The summed E-state index contributed by atoms with van der Waals surface area (Å²) in [5.74, 6) is 0.121. The van der Waals surface area contributed by atoms with Crippen molar-refractivity contribution in [1.82, 2.24) is 4.90 Å². The zero-order valence-electron chi connectivity index (χ0n) is 6.13. The van der Waals surface area contributed by atoms with Gasteiger partial charge in [0.05, 0.1) is 12.6 Å². The molecule has 0 spiro atoms. The number of guanidine groups is 1. The molecule has 0 aromatic carbocycles. The van der Waals surface area contributed by atoms with Crippen LogP contribution in [0.5, 0.6) is 0 Å². The third-order valence-electron chi connectivity index (χ3n) is 1.83. The van der Waals surface area contributed by atoms with Gasteiger partial charge in [0, 0.05) is 13.7 Å². The molecule has 1 aliphatic heterocycles. The lowest BCUT2D eigenvalue weighted by Gasteiger charge is -2.22. The van der Waals surface area contributed by atoms with E-state index < -0.39 is 0 Å². The zero-order chi connectivity index (χ0) is 7.56. The molecule has 0 aromatic rings. The van der Waals surface area contributed by atoms with Crippen LogP contribution in [0, 0.1) is 5.41 Å². The molecular formula is C6H13N3O. The van der Waals surface area contributed by atoms with Crippen molar-refractivity contribution >= 4 is 5.96 Å². The summed E-state index contributed by atoms with van der Waals surface area (Å²) < 4.78 is 5.13. The Morgan fingerprint density at radius 2 is 2.50 bits per heavy atom. The molecule has 4 heteroatoms. The summed E-state index contributed by atoms with van der Waals surface area (Å²) in [5.41, 5.74) is 5.27. The fourth-order valence-corrected chi connectivity index (χ4v) is 1.02. The molecule has 0 saturated carbocycles. The van der Waals surface area contributed by atoms with Crippen molar-refractivity contribution in [3.05, 3.63) is 0 Å². The summed E-state index contributed by atoms with van der Waals surface area (Å²) in [5, 5.41) is 7.11. The molecule has 1 aliphatic rings. The molecule has 0 amide bonds. The molecule has 10 heavy (non-hydrogen) atoms. The lowest BCUT2D eigenvalue weighted by molar-refractivity contribution is 0.179. The van der Waals surface area contributed by atoms with Gasteiger partial charge in [-0.2, -0.15) is 0 Å². The topological polar surface area (TPSA) is 62.3 Å². The Morgan fingerprint density at radius 3 is 2.90 bits per heavy atom. The Balaban J connectivity index is 2.39. The molecule has 1 unspecified atom stereocenters. The molecule has 1 rings (SSSR count). The molecule has 0 aromatic heterocycles. The third-order valence-corrected chi connectivity index (χ3v) is 1.83.